The highest BCUT2D eigenvalue weighted by atomic mass is 15.2. The number of aromatic nitrogens is 2. The van der Waals surface area contributed by atoms with Gasteiger partial charge in [-0.25, -0.2) is 0 Å². The Balaban J connectivity index is 1.79. The molecule has 1 aromatic carbocycles. The molecule has 0 radical (unpaired) electrons. The van der Waals surface area contributed by atoms with Crippen LogP contribution in [0.2, 0.25) is 0 Å². The maximum Gasteiger partial charge on any atom is 0.0605 e. The molecule has 0 aliphatic rings. The second kappa shape index (κ2) is 7.59. The quantitative estimate of drug-likeness (QED) is 0.693. The topological polar surface area (TPSA) is 32.3 Å². The first-order chi connectivity index (χ1) is 11.7. The molecule has 24 heavy (non-hydrogen) atoms. The first-order valence-electron chi connectivity index (χ1n) is 8.05. The van der Waals surface area contributed by atoms with Gasteiger partial charge in [0, 0.05) is 26.5 Å². The first kappa shape index (κ1) is 16.0. The van der Waals surface area contributed by atoms with Gasteiger partial charge in [-0.1, -0.05) is 24.3 Å². The summed E-state index contributed by atoms with van der Waals surface area (Å²) in [7, 11) is 4.20. The molecule has 0 aliphatic heterocycles. The third kappa shape index (κ3) is 3.90. The molecule has 4 nitrogen and oxygen atoms in total. The van der Waals surface area contributed by atoms with E-state index >= 15 is 0 Å². The zero-order valence-electron chi connectivity index (χ0n) is 14.1. The van der Waals surface area contributed by atoms with E-state index in [0.717, 1.165) is 24.5 Å². The Bertz CT molecular complexity index is 692. The van der Waals surface area contributed by atoms with Crippen molar-refractivity contribution < 1.29 is 0 Å². The molecule has 2 aromatic heterocycles. The molecular weight excluding hydrogens is 296 g/mol. The van der Waals surface area contributed by atoms with Crippen molar-refractivity contribution in [1.29, 1.82) is 0 Å². The first-order valence-corrected chi connectivity index (χ1v) is 8.05. The van der Waals surface area contributed by atoms with Gasteiger partial charge < -0.3 is 9.80 Å². The zero-order valence-corrected chi connectivity index (χ0v) is 14.1. The van der Waals surface area contributed by atoms with Crippen molar-refractivity contribution in [1.82, 2.24) is 9.97 Å². The summed E-state index contributed by atoms with van der Waals surface area (Å²) in [6.45, 7) is 1.55. The lowest BCUT2D eigenvalue weighted by atomic mass is 10.2. The highest BCUT2D eigenvalue weighted by Gasteiger charge is 2.12. The molecule has 3 aromatic rings. The molecule has 0 saturated carbocycles. The molecule has 3 rings (SSSR count). The Morgan fingerprint density at radius 2 is 1.04 bits per heavy atom. The van der Waals surface area contributed by atoms with Gasteiger partial charge in [0.2, 0.25) is 0 Å². The SMILES string of the molecule is CN(Cc1ccccn1)c1ccccc1N(C)Cc1ccccn1. The maximum atomic E-state index is 4.42. The van der Waals surface area contributed by atoms with Gasteiger partial charge in [0.15, 0.2) is 0 Å². The lowest BCUT2D eigenvalue weighted by Crippen LogP contribution is -2.23. The number of nitrogens with zero attached hydrogens (tertiary/aromatic N) is 4. The minimum absolute atomic E-state index is 0.773. The third-order valence-electron chi connectivity index (χ3n) is 3.95. The van der Waals surface area contributed by atoms with Crippen LogP contribution in [0, 0.1) is 0 Å². The number of para-hydroxylation sites is 2. The van der Waals surface area contributed by atoms with Crippen LogP contribution in [0.15, 0.2) is 73.1 Å². The molecule has 0 bridgehead atoms. The van der Waals surface area contributed by atoms with Crippen molar-refractivity contribution >= 4 is 11.4 Å². The zero-order chi connectivity index (χ0) is 16.8. The Morgan fingerprint density at radius 3 is 1.42 bits per heavy atom. The molecular formula is C20H22N4. The molecule has 0 saturated heterocycles. The largest absolute Gasteiger partial charge is 0.367 e. The van der Waals surface area contributed by atoms with Crippen molar-refractivity contribution in [2.75, 3.05) is 23.9 Å². The van der Waals surface area contributed by atoms with Crippen LogP contribution in [0.4, 0.5) is 11.4 Å². The maximum absolute atomic E-state index is 4.42. The van der Waals surface area contributed by atoms with Gasteiger partial charge in [-0.05, 0) is 36.4 Å². The number of hydrogen-bond acceptors (Lipinski definition) is 4. The number of anilines is 2. The molecule has 0 aliphatic carbocycles. The number of pyridine rings is 2. The van der Waals surface area contributed by atoms with Gasteiger partial charge in [-0.3, -0.25) is 9.97 Å². The Kier molecular flexibility index (Phi) is 5.06. The van der Waals surface area contributed by atoms with Crippen LogP contribution in [0.3, 0.4) is 0 Å². The summed E-state index contributed by atoms with van der Waals surface area (Å²) in [4.78, 5) is 13.3. The summed E-state index contributed by atoms with van der Waals surface area (Å²) in [5.74, 6) is 0. The second-order valence-corrected chi connectivity index (χ2v) is 5.84. The monoisotopic (exact) mass is 318 g/mol. The van der Waals surface area contributed by atoms with Crippen LogP contribution in [0.5, 0.6) is 0 Å². The van der Waals surface area contributed by atoms with Crippen LogP contribution >= 0.6 is 0 Å². The molecule has 2 heterocycles. The Labute approximate surface area is 143 Å². The van der Waals surface area contributed by atoms with Crippen molar-refractivity contribution in [3.63, 3.8) is 0 Å². The molecule has 0 spiro atoms. The molecule has 4 heteroatoms. The summed E-state index contributed by atoms with van der Waals surface area (Å²) in [6, 6.07) is 20.5. The number of hydrogen-bond donors (Lipinski definition) is 0. The fourth-order valence-corrected chi connectivity index (χ4v) is 2.75. The van der Waals surface area contributed by atoms with Crippen LogP contribution < -0.4 is 9.80 Å². The second-order valence-electron chi connectivity index (χ2n) is 5.84. The van der Waals surface area contributed by atoms with Crippen LogP contribution in [0.25, 0.3) is 0 Å². The van der Waals surface area contributed by atoms with Gasteiger partial charge in [0.1, 0.15) is 0 Å². The average molecular weight is 318 g/mol. The van der Waals surface area contributed by atoms with Crippen LogP contribution in [-0.2, 0) is 13.1 Å². The highest BCUT2D eigenvalue weighted by molar-refractivity contribution is 5.70. The number of benzene rings is 1. The van der Waals surface area contributed by atoms with Gasteiger partial charge >= 0.3 is 0 Å². The summed E-state index contributed by atoms with van der Waals surface area (Å²) in [5, 5.41) is 0. The van der Waals surface area contributed by atoms with Gasteiger partial charge in [-0.15, -0.1) is 0 Å². The minimum Gasteiger partial charge on any atom is -0.367 e. The van der Waals surface area contributed by atoms with E-state index in [1.165, 1.54) is 11.4 Å². The summed E-state index contributed by atoms with van der Waals surface area (Å²) >= 11 is 0. The van der Waals surface area contributed by atoms with Crippen molar-refractivity contribution in [3.05, 3.63) is 84.4 Å². The fraction of sp³-hybridized carbons (Fsp3) is 0.200. The number of rotatable bonds is 6. The van der Waals surface area contributed by atoms with E-state index < -0.39 is 0 Å². The van der Waals surface area contributed by atoms with Gasteiger partial charge in [0.25, 0.3) is 0 Å². The van der Waals surface area contributed by atoms with Crippen molar-refractivity contribution in [2.45, 2.75) is 13.1 Å². The highest BCUT2D eigenvalue weighted by Crippen LogP contribution is 2.29. The summed E-state index contributed by atoms with van der Waals surface area (Å²) < 4.78 is 0. The smallest absolute Gasteiger partial charge is 0.0605 e. The van der Waals surface area contributed by atoms with Crippen molar-refractivity contribution in [2.24, 2.45) is 0 Å². The normalized spacial score (nSPS) is 10.4. The van der Waals surface area contributed by atoms with E-state index in [-0.39, 0.29) is 0 Å². The van der Waals surface area contributed by atoms with E-state index in [0.29, 0.717) is 0 Å². The van der Waals surface area contributed by atoms with E-state index in [9.17, 15) is 0 Å². The predicted octanol–water partition coefficient (Wildman–Crippen LogP) is 3.75. The average Bonchev–Trinajstić information content (AvgIpc) is 2.63. The fourth-order valence-electron chi connectivity index (χ4n) is 2.75. The summed E-state index contributed by atoms with van der Waals surface area (Å²) in [5.41, 5.74) is 4.48. The lowest BCUT2D eigenvalue weighted by Gasteiger charge is -2.27. The summed E-state index contributed by atoms with van der Waals surface area (Å²) in [6.07, 6.45) is 3.67. The molecule has 0 N–H and O–H groups in total. The van der Waals surface area contributed by atoms with Gasteiger partial charge in [0.05, 0.1) is 35.9 Å². The Morgan fingerprint density at radius 1 is 0.625 bits per heavy atom. The minimum atomic E-state index is 0.773. The Hall–Kier alpha value is -2.88. The van der Waals surface area contributed by atoms with E-state index in [1.807, 2.05) is 36.7 Å². The molecule has 122 valence electrons. The molecule has 0 atom stereocenters. The molecule has 0 amide bonds. The van der Waals surface area contributed by atoms with Crippen molar-refractivity contribution in [3.8, 4) is 0 Å². The van der Waals surface area contributed by atoms with E-state index in [1.54, 1.807) is 0 Å². The van der Waals surface area contributed by atoms with E-state index in [2.05, 4.69) is 70.3 Å². The molecule has 0 fully saturated rings. The van der Waals surface area contributed by atoms with Gasteiger partial charge in [-0.2, -0.15) is 0 Å². The predicted molar refractivity (Wildman–Crippen MR) is 99.1 cm³/mol. The molecule has 0 unspecified atom stereocenters. The third-order valence-corrected chi connectivity index (χ3v) is 3.95. The van der Waals surface area contributed by atoms with E-state index in [4.69, 9.17) is 0 Å². The standard InChI is InChI=1S/C20H22N4/c1-23(15-17-9-5-7-13-21-17)19-11-3-4-12-20(19)24(2)16-18-10-6-8-14-22-18/h3-14H,15-16H2,1-2H3. The van der Waals surface area contributed by atoms with Crippen LogP contribution in [-0.4, -0.2) is 24.1 Å². The lowest BCUT2D eigenvalue weighted by molar-refractivity contribution is 0.855. The van der Waals surface area contributed by atoms with Crippen LogP contribution in [0.1, 0.15) is 11.4 Å².